The Morgan fingerprint density at radius 3 is 2.46 bits per heavy atom. The first-order chi connectivity index (χ1) is 12.5. The van der Waals surface area contributed by atoms with E-state index in [4.69, 9.17) is 0 Å². The highest BCUT2D eigenvalue weighted by molar-refractivity contribution is 5.56. The van der Waals surface area contributed by atoms with Crippen molar-refractivity contribution in [1.29, 1.82) is 0 Å². The summed E-state index contributed by atoms with van der Waals surface area (Å²) in [5.41, 5.74) is 1.60. The number of aromatic nitrogens is 2. The van der Waals surface area contributed by atoms with Crippen molar-refractivity contribution in [3.8, 4) is 0 Å². The third-order valence-electron chi connectivity index (χ3n) is 3.70. The van der Waals surface area contributed by atoms with Crippen molar-refractivity contribution in [3.05, 3.63) is 77.2 Å². The van der Waals surface area contributed by atoms with Crippen LogP contribution in [0.3, 0.4) is 0 Å². The summed E-state index contributed by atoms with van der Waals surface area (Å²) in [7, 11) is 0. The van der Waals surface area contributed by atoms with Gasteiger partial charge in [-0.05, 0) is 31.0 Å². The minimum atomic E-state index is -1.54. The lowest BCUT2D eigenvalue weighted by Gasteiger charge is -2.11. The molecule has 0 saturated carbocycles. The first kappa shape index (κ1) is 17.7. The molecule has 4 nitrogen and oxygen atoms in total. The number of benzene rings is 2. The lowest BCUT2D eigenvalue weighted by atomic mass is 10.1. The summed E-state index contributed by atoms with van der Waals surface area (Å²) in [5, 5.41) is 5.76. The van der Waals surface area contributed by atoms with E-state index in [1.54, 1.807) is 13.0 Å². The van der Waals surface area contributed by atoms with Gasteiger partial charge in [-0.3, -0.25) is 0 Å². The Balaban J connectivity index is 1.70. The topological polar surface area (TPSA) is 49.8 Å². The molecule has 0 saturated heterocycles. The molecule has 1 heterocycles. The van der Waals surface area contributed by atoms with Crippen molar-refractivity contribution in [2.24, 2.45) is 0 Å². The van der Waals surface area contributed by atoms with Crippen LogP contribution in [0.1, 0.15) is 11.3 Å². The van der Waals surface area contributed by atoms with Crippen molar-refractivity contribution >= 4 is 17.5 Å². The van der Waals surface area contributed by atoms with Gasteiger partial charge in [-0.1, -0.05) is 30.3 Å². The van der Waals surface area contributed by atoms with Crippen molar-refractivity contribution in [3.63, 3.8) is 0 Å². The van der Waals surface area contributed by atoms with Gasteiger partial charge < -0.3 is 10.6 Å². The third-order valence-corrected chi connectivity index (χ3v) is 3.70. The van der Waals surface area contributed by atoms with E-state index >= 15 is 0 Å². The second-order valence-electron chi connectivity index (χ2n) is 5.73. The summed E-state index contributed by atoms with van der Waals surface area (Å²) < 4.78 is 40.1. The number of rotatable bonds is 6. The minimum absolute atomic E-state index is 0.0946. The van der Waals surface area contributed by atoms with Gasteiger partial charge in [-0.15, -0.1) is 0 Å². The van der Waals surface area contributed by atoms with Gasteiger partial charge in [0.2, 0.25) is 5.95 Å². The number of hydrogen-bond acceptors (Lipinski definition) is 4. The molecule has 2 aromatic carbocycles. The van der Waals surface area contributed by atoms with Crippen LogP contribution in [0.5, 0.6) is 0 Å². The monoisotopic (exact) mass is 358 g/mol. The van der Waals surface area contributed by atoms with Crippen LogP contribution < -0.4 is 10.6 Å². The standard InChI is InChI=1S/C19H17F3N4/c1-12-11-16(23-10-9-13-5-3-2-4-6-13)26-19(24-12)25-15-8-7-14(20)17(21)18(15)22/h2-8,11H,9-10H2,1H3,(H2,23,24,25,26). The highest BCUT2D eigenvalue weighted by Crippen LogP contribution is 2.22. The van der Waals surface area contributed by atoms with Gasteiger partial charge in [0.25, 0.3) is 0 Å². The van der Waals surface area contributed by atoms with Crippen molar-refractivity contribution < 1.29 is 13.2 Å². The largest absolute Gasteiger partial charge is 0.370 e. The van der Waals surface area contributed by atoms with Gasteiger partial charge >= 0.3 is 0 Å². The van der Waals surface area contributed by atoms with Crippen molar-refractivity contribution in [2.45, 2.75) is 13.3 Å². The van der Waals surface area contributed by atoms with Crippen LogP contribution in [0, 0.1) is 24.4 Å². The van der Waals surface area contributed by atoms with E-state index in [1.807, 2.05) is 30.3 Å². The van der Waals surface area contributed by atoms with Crippen LogP contribution in [0.15, 0.2) is 48.5 Å². The molecule has 0 aliphatic carbocycles. The maximum atomic E-state index is 13.8. The molecule has 0 spiro atoms. The second-order valence-corrected chi connectivity index (χ2v) is 5.73. The normalized spacial score (nSPS) is 10.6. The fourth-order valence-electron chi connectivity index (χ4n) is 2.44. The number of anilines is 3. The summed E-state index contributed by atoms with van der Waals surface area (Å²) in [4.78, 5) is 8.38. The van der Waals surface area contributed by atoms with Crippen LogP contribution >= 0.6 is 0 Å². The lowest BCUT2D eigenvalue weighted by molar-refractivity contribution is 0.449. The molecule has 0 radical (unpaired) electrons. The molecule has 7 heteroatoms. The van der Waals surface area contributed by atoms with Gasteiger partial charge in [-0.25, -0.2) is 18.2 Å². The number of nitrogens with zero attached hydrogens (tertiary/aromatic N) is 2. The molecule has 3 rings (SSSR count). The quantitative estimate of drug-likeness (QED) is 0.632. The molecule has 1 aromatic heterocycles. The molecule has 0 fully saturated rings. The average Bonchev–Trinajstić information content (AvgIpc) is 2.63. The van der Waals surface area contributed by atoms with Crippen LogP contribution in [-0.4, -0.2) is 16.5 Å². The molecule has 26 heavy (non-hydrogen) atoms. The molecule has 2 N–H and O–H groups in total. The summed E-state index contributed by atoms with van der Waals surface area (Å²) in [6.07, 6.45) is 0.810. The van der Waals surface area contributed by atoms with Crippen LogP contribution in [0.2, 0.25) is 0 Å². The van der Waals surface area contributed by atoms with Crippen molar-refractivity contribution in [2.75, 3.05) is 17.2 Å². The molecular formula is C19H17F3N4. The predicted octanol–water partition coefficient (Wildman–Crippen LogP) is 4.60. The zero-order valence-electron chi connectivity index (χ0n) is 14.1. The molecule has 0 aliphatic rings. The van der Waals surface area contributed by atoms with Gasteiger partial charge in [0, 0.05) is 18.3 Å². The fraction of sp³-hybridized carbons (Fsp3) is 0.158. The number of halogens is 3. The Morgan fingerprint density at radius 1 is 0.923 bits per heavy atom. The van der Waals surface area contributed by atoms with E-state index in [2.05, 4.69) is 20.6 Å². The third kappa shape index (κ3) is 4.30. The summed E-state index contributed by atoms with van der Waals surface area (Å²) in [6.45, 7) is 2.41. The van der Waals surface area contributed by atoms with E-state index in [0.717, 1.165) is 18.6 Å². The Kier molecular flexibility index (Phi) is 5.36. The summed E-state index contributed by atoms with van der Waals surface area (Å²) >= 11 is 0. The van der Waals surface area contributed by atoms with Crippen LogP contribution in [0.4, 0.5) is 30.6 Å². The maximum Gasteiger partial charge on any atom is 0.229 e. The van der Waals surface area contributed by atoms with E-state index < -0.39 is 17.5 Å². The molecule has 3 aromatic rings. The first-order valence-electron chi connectivity index (χ1n) is 8.07. The Bertz CT molecular complexity index is 901. The fourth-order valence-corrected chi connectivity index (χ4v) is 2.44. The molecule has 0 amide bonds. The van der Waals surface area contributed by atoms with E-state index in [9.17, 15) is 13.2 Å². The smallest absolute Gasteiger partial charge is 0.229 e. The van der Waals surface area contributed by atoms with Crippen LogP contribution in [-0.2, 0) is 6.42 Å². The average molecular weight is 358 g/mol. The Morgan fingerprint density at radius 2 is 1.69 bits per heavy atom. The van der Waals surface area contributed by atoms with Gasteiger partial charge in [0.1, 0.15) is 5.82 Å². The van der Waals surface area contributed by atoms with Crippen LogP contribution in [0.25, 0.3) is 0 Å². The number of nitrogens with one attached hydrogen (secondary N) is 2. The highest BCUT2D eigenvalue weighted by Gasteiger charge is 2.14. The Labute approximate surface area is 149 Å². The molecule has 0 atom stereocenters. The summed E-state index contributed by atoms with van der Waals surface area (Å²) in [6, 6.07) is 13.7. The first-order valence-corrected chi connectivity index (χ1v) is 8.07. The van der Waals surface area contributed by atoms with Gasteiger partial charge in [0.05, 0.1) is 5.69 Å². The minimum Gasteiger partial charge on any atom is -0.370 e. The number of aryl methyl sites for hydroxylation is 1. The zero-order valence-corrected chi connectivity index (χ0v) is 14.1. The lowest BCUT2D eigenvalue weighted by Crippen LogP contribution is -2.09. The molecular weight excluding hydrogens is 341 g/mol. The maximum absolute atomic E-state index is 13.8. The SMILES string of the molecule is Cc1cc(NCCc2ccccc2)nc(Nc2ccc(F)c(F)c2F)n1. The molecule has 0 unspecified atom stereocenters. The molecule has 0 bridgehead atoms. The Hall–Kier alpha value is -3.09. The van der Waals surface area contributed by atoms with E-state index in [0.29, 0.717) is 18.1 Å². The van der Waals surface area contributed by atoms with Gasteiger partial charge in [-0.2, -0.15) is 4.98 Å². The molecule has 134 valence electrons. The second kappa shape index (κ2) is 7.86. The molecule has 0 aliphatic heterocycles. The van der Waals surface area contributed by atoms with Gasteiger partial charge in [0.15, 0.2) is 17.5 Å². The highest BCUT2D eigenvalue weighted by atomic mass is 19.2. The predicted molar refractivity (Wildman–Crippen MR) is 95.0 cm³/mol. The van der Waals surface area contributed by atoms with E-state index in [-0.39, 0.29) is 11.6 Å². The summed E-state index contributed by atoms with van der Waals surface area (Å²) in [5.74, 6) is -3.45. The number of hydrogen-bond donors (Lipinski definition) is 2. The van der Waals surface area contributed by atoms with E-state index in [1.165, 1.54) is 5.56 Å². The zero-order chi connectivity index (χ0) is 18.5. The van der Waals surface area contributed by atoms with Crippen molar-refractivity contribution in [1.82, 2.24) is 9.97 Å².